The SMILES string of the molecule is O=[N+]([O-])c1cc(S(=O)(=O)N2CCc3ccc(F)cc32)ccc1O. The fraction of sp³-hybridized carbons (Fsp3) is 0.143. The molecule has 120 valence electrons. The van der Waals surface area contributed by atoms with E-state index >= 15 is 0 Å². The van der Waals surface area contributed by atoms with Gasteiger partial charge in [0.25, 0.3) is 10.0 Å². The molecule has 1 N–H and O–H groups in total. The molecule has 1 aliphatic heterocycles. The summed E-state index contributed by atoms with van der Waals surface area (Å²) < 4.78 is 39.8. The van der Waals surface area contributed by atoms with Crippen LogP contribution in [0.1, 0.15) is 5.56 Å². The first-order valence-electron chi connectivity index (χ1n) is 6.59. The lowest BCUT2D eigenvalue weighted by Gasteiger charge is -2.19. The van der Waals surface area contributed by atoms with Gasteiger partial charge in [0, 0.05) is 12.6 Å². The highest BCUT2D eigenvalue weighted by atomic mass is 32.2. The maximum atomic E-state index is 13.4. The van der Waals surface area contributed by atoms with Crippen LogP contribution < -0.4 is 4.31 Å². The van der Waals surface area contributed by atoms with Gasteiger partial charge in [-0.1, -0.05) is 6.07 Å². The number of anilines is 1. The average molecular weight is 338 g/mol. The minimum atomic E-state index is -4.09. The Morgan fingerprint density at radius 1 is 1.22 bits per heavy atom. The summed E-state index contributed by atoms with van der Waals surface area (Å²) in [4.78, 5) is 9.65. The first-order chi connectivity index (χ1) is 10.8. The number of sulfonamides is 1. The van der Waals surface area contributed by atoms with Gasteiger partial charge in [0.1, 0.15) is 5.82 Å². The first-order valence-corrected chi connectivity index (χ1v) is 8.03. The van der Waals surface area contributed by atoms with Crippen molar-refractivity contribution in [1.29, 1.82) is 0 Å². The molecule has 0 aromatic heterocycles. The van der Waals surface area contributed by atoms with E-state index in [0.29, 0.717) is 12.0 Å². The molecule has 0 amide bonds. The van der Waals surface area contributed by atoms with E-state index in [4.69, 9.17) is 0 Å². The van der Waals surface area contributed by atoms with Gasteiger partial charge in [-0.2, -0.15) is 0 Å². The second-order valence-electron chi connectivity index (χ2n) is 5.01. The summed E-state index contributed by atoms with van der Waals surface area (Å²) in [6.07, 6.45) is 0.426. The van der Waals surface area contributed by atoms with Crippen molar-refractivity contribution in [2.24, 2.45) is 0 Å². The van der Waals surface area contributed by atoms with Crippen LogP contribution in [0.25, 0.3) is 0 Å². The number of hydrogen-bond donors (Lipinski definition) is 1. The van der Waals surface area contributed by atoms with Gasteiger partial charge in [0.2, 0.25) is 0 Å². The van der Waals surface area contributed by atoms with Crippen molar-refractivity contribution >= 4 is 21.4 Å². The zero-order valence-corrected chi connectivity index (χ0v) is 12.5. The fourth-order valence-electron chi connectivity index (χ4n) is 2.51. The van der Waals surface area contributed by atoms with Gasteiger partial charge in [-0.25, -0.2) is 12.8 Å². The molecule has 1 aliphatic rings. The van der Waals surface area contributed by atoms with Gasteiger partial charge in [-0.3, -0.25) is 14.4 Å². The molecule has 0 fully saturated rings. The monoisotopic (exact) mass is 338 g/mol. The van der Waals surface area contributed by atoms with Gasteiger partial charge in [-0.05, 0) is 36.2 Å². The molecule has 0 saturated heterocycles. The second-order valence-corrected chi connectivity index (χ2v) is 6.87. The molecule has 0 unspecified atom stereocenters. The van der Waals surface area contributed by atoms with Crippen LogP contribution in [0.2, 0.25) is 0 Å². The summed E-state index contributed by atoms with van der Waals surface area (Å²) in [5, 5.41) is 20.3. The van der Waals surface area contributed by atoms with Crippen LogP contribution in [-0.4, -0.2) is 25.0 Å². The molecule has 0 spiro atoms. The molecule has 23 heavy (non-hydrogen) atoms. The zero-order valence-electron chi connectivity index (χ0n) is 11.6. The number of fused-ring (bicyclic) bond motifs is 1. The Hall–Kier alpha value is -2.68. The topological polar surface area (TPSA) is 101 Å². The Balaban J connectivity index is 2.10. The number of hydrogen-bond acceptors (Lipinski definition) is 5. The maximum absolute atomic E-state index is 13.4. The van der Waals surface area contributed by atoms with Crippen molar-refractivity contribution in [3.05, 3.63) is 57.9 Å². The molecule has 0 radical (unpaired) electrons. The molecule has 0 saturated carbocycles. The summed E-state index contributed by atoms with van der Waals surface area (Å²) >= 11 is 0. The van der Waals surface area contributed by atoms with Gasteiger partial charge >= 0.3 is 5.69 Å². The minimum Gasteiger partial charge on any atom is -0.502 e. The fourth-order valence-corrected chi connectivity index (χ4v) is 4.03. The van der Waals surface area contributed by atoms with Gasteiger partial charge in [0.15, 0.2) is 5.75 Å². The second kappa shape index (κ2) is 5.20. The van der Waals surface area contributed by atoms with Crippen molar-refractivity contribution in [2.75, 3.05) is 10.8 Å². The third kappa shape index (κ3) is 2.48. The van der Waals surface area contributed by atoms with E-state index in [2.05, 4.69) is 0 Å². The van der Waals surface area contributed by atoms with Crippen LogP contribution in [0, 0.1) is 15.9 Å². The molecular formula is C14H11FN2O5S. The molecule has 3 rings (SSSR count). The number of nitro benzene ring substituents is 1. The van der Waals surface area contributed by atoms with Crippen molar-refractivity contribution in [1.82, 2.24) is 0 Å². The molecule has 7 nitrogen and oxygen atoms in total. The number of benzene rings is 2. The van der Waals surface area contributed by atoms with E-state index in [0.717, 1.165) is 28.6 Å². The zero-order chi connectivity index (χ0) is 16.8. The van der Waals surface area contributed by atoms with Crippen LogP contribution in [0.4, 0.5) is 15.8 Å². The number of phenolic OH excluding ortho intramolecular Hbond substituents is 1. The van der Waals surface area contributed by atoms with Crippen LogP contribution >= 0.6 is 0 Å². The van der Waals surface area contributed by atoms with Crippen LogP contribution in [-0.2, 0) is 16.4 Å². The summed E-state index contributed by atoms with van der Waals surface area (Å²) in [5.74, 6) is -1.19. The Kier molecular flexibility index (Phi) is 3.44. The van der Waals surface area contributed by atoms with Gasteiger partial charge in [0.05, 0.1) is 15.5 Å². The summed E-state index contributed by atoms with van der Waals surface area (Å²) in [7, 11) is -4.09. The Morgan fingerprint density at radius 3 is 2.65 bits per heavy atom. The van der Waals surface area contributed by atoms with E-state index in [9.17, 15) is 28.0 Å². The predicted molar refractivity (Wildman–Crippen MR) is 79.4 cm³/mol. The number of phenols is 1. The number of nitro groups is 1. The molecule has 2 aromatic rings. The standard InChI is InChI=1S/C14H11FN2O5S/c15-10-2-1-9-5-6-16(12(9)7-10)23(21,22)11-3-4-14(18)13(8-11)17(19)20/h1-4,7-8,18H,5-6H2. The van der Waals surface area contributed by atoms with Crippen molar-refractivity contribution < 1.29 is 22.8 Å². The largest absolute Gasteiger partial charge is 0.502 e. The van der Waals surface area contributed by atoms with E-state index in [-0.39, 0.29) is 17.1 Å². The molecule has 1 heterocycles. The van der Waals surface area contributed by atoms with E-state index in [1.54, 1.807) is 0 Å². The third-order valence-corrected chi connectivity index (χ3v) is 5.44. The molecule has 0 atom stereocenters. The maximum Gasteiger partial charge on any atom is 0.312 e. The first kappa shape index (κ1) is 15.2. The van der Waals surface area contributed by atoms with Crippen molar-refractivity contribution in [3.63, 3.8) is 0 Å². The van der Waals surface area contributed by atoms with E-state index < -0.39 is 32.2 Å². The van der Waals surface area contributed by atoms with Crippen LogP contribution in [0.15, 0.2) is 41.3 Å². The van der Waals surface area contributed by atoms with Crippen LogP contribution in [0.5, 0.6) is 5.75 Å². The van der Waals surface area contributed by atoms with Gasteiger partial charge in [-0.15, -0.1) is 0 Å². The summed E-state index contributed by atoms with van der Waals surface area (Å²) in [6.45, 7) is 0.121. The molecular weight excluding hydrogens is 327 g/mol. The number of rotatable bonds is 3. The lowest BCUT2D eigenvalue weighted by atomic mass is 10.2. The highest BCUT2D eigenvalue weighted by Crippen LogP contribution is 2.35. The number of aromatic hydroxyl groups is 1. The van der Waals surface area contributed by atoms with Crippen molar-refractivity contribution in [3.8, 4) is 5.75 Å². The lowest BCUT2D eigenvalue weighted by molar-refractivity contribution is -0.386. The average Bonchev–Trinajstić information content (AvgIpc) is 2.90. The summed E-state index contributed by atoms with van der Waals surface area (Å²) in [6, 6.07) is 6.71. The minimum absolute atomic E-state index is 0.121. The normalized spacial score (nSPS) is 13.9. The lowest BCUT2D eigenvalue weighted by Crippen LogP contribution is -2.29. The highest BCUT2D eigenvalue weighted by Gasteiger charge is 2.32. The molecule has 9 heteroatoms. The third-order valence-electron chi connectivity index (χ3n) is 3.63. The smallest absolute Gasteiger partial charge is 0.312 e. The Labute approximate surface area is 130 Å². The van der Waals surface area contributed by atoms with E-state index in [1.165, 1.54) is 12.1 Å². The van der Waals surface area contributed by atoms with Crippen molar-refractivity contribution in [2.45, 2.75) is 11.3 Å². The number of halogens is 1. The molecule has 0 bridgehead atoms. The highest BCUT2D eigenvalue weighted by molar-refractivity contribution is 7.92. The number of nitrogens with zero attached hydrogens (tertiary/aromatic N) is 2. The van der Waals surface area contributed by atoms with E-state index in [1.807, 2.05) is 0 Å². The summed E-state index contributed by atoms with van der Waals surface area (Å²) in [5.41, 5.74) is 0.203. The Bertz CT molecular complexity index is 913. The quantitative estimate of drug-likeness (QED) is 0.683. The molecule has 2 aromatic carbocycles. The Morgan fingerprint density at radius 2 is 1.96 bits per heavy atom. The molecule has 0 aliphatic carbocycles. The predicted octanol–water partition coefficient (Wildman–Crippen LogP) is 2.19. The van der Waals surface area contributed by atoms with Gasteiger partial charge < -0.3 is 5.11 Å². The van der Waals surface area contributed by atoms with Crippen LogP contribution in [0.3, 0.4) is 0 Å².